The van der Waals surface area contributed by atoms with Crippen molar-refractivity contribution in [1.29, 1.82) is 0 Å². The summed E-state index contributed by atoms with van der Waals surface area (Å²) in [6.45, 7) is 0.320. The molecule has 1 aromatic carbocycles. The second-order valence-corrected chi connectivity index (χ2v) is 10.4. The van der Waals surface area contributed by atoms with Crippen molar-refractivity contribution in [1.82, 2.24) is 0 Å². The minimum absolute atomic E-state index is 0.0208. The lowest BCUT2D eigenvalue weighted by atomic mass is 9.88. The maximum Gasteiger partial charge on any atom is 0.460 e. The van der Waals surface area contributed by atoms with Crippen molar-refractivity contribution in [3.63, 3.8) is 0 Å². The Bertz CT molecular complexity index is 1200. The van der Waals surface area contributed by atoms with Crippen molar-refractivity contribution in [3.05, 3.63) is 34.5 Å². The van der Waals surface area contributed by atoms with Gasteiger partial charge in [-0.1, -0.05) is 51.9 Å². The van der Waals surface area contributed by atoms with Crippen LogP contribution in [0, 0.1) is 0 Å². The fourth-order valence-corrected chi connectivity index (χ4v) is 3.82. The van der Waals surface area contributed by atoms with Gasteiger partial charge in [-0.2, -0.15) is 74.6 Å². The Morgan fingerprint density at radius 3 is 1.40 bits per heavy atom. The summed E-state index contributed by atoms with van der Waals surface area (Å²) >= 11 is 0. The van der Waals surface area contributed by atoms with Crippen molar-refractivity contribution < 1.29 is 84.1 Å². The van der Waals surface area contributed by atoms with E-state index in [1.807, 2.05) is 0 Å². The van der Waals surface area contributed by atoms with Gasteiger partial charge < -0.3 is 9.47 Å². The number of hydrogen-bond acceptors (Lipinski definition) is 3. The Hall–Kier alpha value is -2.70. The van der Waals surface area contributed by atoms with Gasteiger partial charge in [0.15, 0.2) is 5.75 Å². The summed E-state index contributed by atoms with van der Waals surface area (Å²) in [5.74, 6) is -57.8. The van der Waals surface area contributed by atoms with Crippen LogP contribution in [0.15, 0.2) is 29.1 Å². The van der Waals surface area contributed by atoms with Gasteiger partial charge in [-0.25, -0.2) is 0 Å². The van der Waals surface area contributed by atoms with Crippen LogP contribution >= 0.6 is 0 Å². The molecule has 0 atom stereocenters. The van der Waals surface area contributed by atoms with Crippen molar-refractivity contribution in [2.45, 2.75) is 112 Å². The Morgan fingerprint density at radius 2 is 0.915 bits per heavy atom. The third-order valence-corrected chi connectivity index (χ3v) is 6.77. The molecule has 0 amide bonds. The molecule has 0 aliphatic carbocycles. The Morgan fingerprint density at radius 1 is 0.489 bits per heavy atom. The topological polar surface area (TPSA) is 35.5 Å². The fourth-order valence-electron chi connectivity index (χ4n) is 3.82. The molecule has 20 heteroatoms. The van der Waals surface area contributed by atoms with Crippen LogP contribution in [0.25, 0.3) is 0 Å². The molecule has 0 radical (unpaired) electrons. The second kappa shape index (κ2) is 15.2. The smallest absolute Gasteiger partial charge is 0.460 e. The van der Waals surface area contributed by atoms with Crippen LogP contribution in [-0.2, 0) is 0 Å². The number of rotatable bonds is 20. The van der Waals surface area contributed by atoms with E-state index < -0.39 is 71.8 Å². The molecule has 3 nitrogen and oxygen atoms in total. The molecule has 1 rings (SSSR count). The molecule has 47 heavy (non-hydrogen) atoms. The number of unbranched alkanes of at least 4 members (excludes halogenated alkanes) is 7. The normalized spacial score (nSPS) is 14.3. The molecule has 1 aromatic rings. The third-order valence-electron chi connectivity index (χ3n) is 6.77. The largest absolute Gasteiger partial charge is 0.494 e. The van der Waals surface area contributed by atoms with Crippen LogP contribution in [0.3, 0.4) is 0 Å². The molecule has 0 heterocycles. The van der Waals surface area contributed by atoms with E-state index in [2.05, 4.69) is 11.7 Å². The number of halogens is 17. The highest BCUT2D eigenvalue weighted by molar-refractivity contribution is 5.28. The molecular weight excluding hydrogens is 695 g/mol. The highest BCUT2D eigenvalue weighted by Gasteiger charge is 2.95. The van der Waals surface area contributed by atoms with Gasteiger partial charge in [0, 0.05) is 0 Å². The average Bonchev–Trinajstić information content (AvgIpc) is 3.11. The van der Waals surface area contributed by atoms with Crippen LogP contribution in [-0.4, -0.2) is 60.8 Å². The Balaban J connectivity index is 3.01. The maximum absolute atomic E-state index is 14.1. The first-order valence-corrected chi connectivity index (χ1v) is 13.8. The van der Waals surface area contributed by atoms with E-state index in [1.165, 1.54) is 0 Å². The molecule has 0 N–H and O–H groups in total. The minimum atomic E-state index is -8.69. The predicted octanol–water partition coefficient (Wildman–Crippen LogP) is 10.3. The first kappa shape index (κ1) is 42.3. The summed E-state index contributed by atoms with van der Waals surface area (Å²) in [7, 11) is 0. The second-order valence-electron chi connectivity index (χ2n) is 10.4. The average molecular weight is 724 g/mol. The summed E-state index contributed by atoms with van der Waals surface area (Å²) < 4.78 is 237. The lowest BCUT2D eigenvalue weighted by molar-refractivity contribution is -0.461. The summed E-state index contributed by atoms with van der Waals surface area (Å²) in [6, 6.07) is 3.58. The molecular formula is C27H29F17O3. The van der Waals surface area contributed by atoms with Crippen LogP contribution in [0.4, 0.5) is 74.6 Å². The monoisotopic (exact) mass is 724 g/mol. The maximum atomic E-state index is 14.1. The lowest BCUT2D eigenvalue weighted by Gasteiger charge is -2.42. The SMILES string of the molecule is CCCCCCCCCCOc1ccc(OCCC(F)(F)C(F)(F)C(F)(F)C(F)(F)C(F)(F)C(F)(F)C(F)(F)C(F)(F)F)c(=O)cc1. The van der Waals surface area contributed by atoms with Gasteiger partial charge in [0.25, 0.3) is 0 Å². The highest BCUT2D eigenvalue weighted by atomic mass is 19.4. The highest BCUT2D eigenvalue weighted by Crippen LogP contribution is 2.64. The Labute approximate surface area is 256 Å². The summed E-state index contributed by atoms with van der Waals surface area (Å²) in [6.07, 6.45) is -2.91. The zero-order chi connectivity index (χ0) is 36.8. The lowest BCUT2D eigenvalue weighted by Crippen LogP contribution is -2.74. The standard InChI is InChI=1S/C27H29F17O3/c1-2-3-4-5-6-7-8-9-15-46-17-10-12-18(45)19(13-11-17)47-16-14-20(28,29)21(30,31)22(32,33)23(34,35)24(36,37)25(38,39)26(40,41)27(42,43)44/h10-13H,2-9,14-16H2,1H3. The molecule has 0 spiro atoms. The van der Waals surface area contributed by atoms with Gasteiger partial charge in [-0.05, 0) is 30.7 Å². The first-order valence-electron chi connectivity index (χ1n) is 13.8. The minimum Gasteiger partial charge on any atom is -0.494 e. The fraction of sp³-hybridized carbons (Fsp3) is 0.741. The van der Waals surface area contributed by atoms with Crippen molar-refractivity contribution in [2.75, 3.05) is 13.2 Å². The molecule has 0 aliphatic heterocycles. The van der Waals surface area contributed by atoms with Gasteiger partial charge in [0.1, 0.15) is 5.75 Å². The molecule has 0 saturated carbocycles. The van der Waals surface area contributed by atoms with E-state index in [0.717, 1.165) is 69.2 Å². The van der Waals surface area contributed by atoms with Crippen LogP contribution in [0.2, 0.25) is 0 Å². The zero-order valence-corrected chi connectivity index (χ0v) is 24.2. The van der Waals surface area contributed by atoms with Gasteiger partial charge in [-0.15, -0.1) is 0 Å². The molecule has 0 unspecified atom stereocenters. The van der Waals surface area contributed by atoms with Crippen molar-refractivity contribution in [2.24, 2.45) is 0 Å². The summed E-state index contributed by atoms with van der Waals surface area (Å²) in [5.41, 5.74) is -1.15. The van der Waals surface area contributed by atoms with Crippen LogP contribution in [0.5, 0.6) is 11.5 Å². The summed E-state index contributed by atoms with van der Waals surface area (Å²) in [5, 5.41) is 0. The zero-order valence-electron chi connectivity index (χ0n) is 24.2. The van der Waals surface area contributed by atoms with E-state index in [9.17, 15) is 79.4 Å². The van der Waals surface area contributed by atoms with Gasteiger partial charge in [0.2, 0.25) is 5.43 Å². The van der Waals surface area contributed by atoms with E-state index >= 15 is 0 Å². The van der Waals surface area contributed by atoms with Crippen molar-refractivity contribution >= 4 is 0 Å². The molecule has 0 aromatic heterocycles. The van der Waals surface area contributed by atoms with Crippen LogP contribution in [0.1, 0.15) is 64.7 Å². The molecule has 0 fully saturated rings. The number of ether oxygens (including phenoxy) is 2. The van der Waals surface area contributed by atoms with E-state index in [1.54, 1.807) is 0 Å². The van der Waals surface area contributed by atoms with Crippen molar-refractivity contribution in [3.8, 4) is 11.5 Å². The summed E-state index contributed by atoms with van der Waals surface area (Å²) in [4.78, 5) is 12.1. The van der Waals surface area contributed by atoms with Gasteiger partial charge in [0.05, 0.1) is 19.6 Å². The first-order chi connectivity index (χ1) is 21.2. The molecule has 0 bridgehead atoms. The van der Waals surface area contributed by atoms with Gasteiger partial charge >= 0.3 is 47.6 Å². The van der Waals surface area contributed by atoms with E-state index in [-0.39, 0.29) is 12.4 Å². The van der Waals surface area contributed by atoms with E-state index in [0.29, 0.717) is 6.42 Å². The van der Waals surface area contributed by atoms with E-state index in [4.69, 9.17) is 4.74 Å². The number of alkyl halides is 17. The molecule has 274 valence electrons. The van der Waals surface area contributed by atoms with Crippen LogP contribution < -0.4 is 14.9 Å². The number of hydrogen-bond donors (Lipinski definition) is 0. The predicted molar refractivity (Wildman–Crippen MR) is 132 cm³/mol. The third kappa shape index (κ3) is 8.67. The van der Waals surface area contributed by atoms with Gasteiger partial charge in [-0.3, -0.25) is 4.79 Å². The molecule has 0 aliphatic rings. The molecule has 0 saturated heterocycles. The quantitative estimate of drug-likeness (QED) is 0.0993. The Kier molecular flexibility index (Phi) is 13.7.